The minimum absolute atomic E-state index is 0.210. The van der Waals surface area contributed by atoms with Gasteiger partial charge in [0, 0.05) is 18.5 Å². The van der Waals surface area contributed by atoms with Crippen LogP contribution in [-0.4, -0.2) is 26.5 Å². The van der Waals surface area contributed by atoms with Gasteiger partial charge >= 0.3 is 5.97 Å². The lowest BCUT2D eigenvalue weighted by atomic mass is 10.1. The van der Waals surface area contributed by atoms with Crippen molar-refractivity contribution in [3.05, 3.63) is 83.0 Å². The van der Waals surface area contributed by atoms with Crippen LogP contribution in [0.15, 0.2) is 71.8 Å². The SMILES string of the molecule is O=C(O)Cn1cc(NC(=O)c2cc(-c3ccccc3)ccn2)ccc1=O. The molecule has 0 unspecified atom stereocenters. The van der Waals surface area contributed by atoms with Crippen molar-refractivity contribution in [3.63, 3.8) is 0 Å². The van der Waals surface area contributed by atoms with Crippen LogP contribution >= 0.6 is 0 Å². The van der Waals surface area contributed by atoms with E-state index in [2.05, 4.69) is 10.3 Å². The second kappa shape index (κ2) is 7.43. The number of rotatable bonds is 5. The molecule has 0 bridgehead atoms. The smallest absolute Gasteiger partial charge is 0.323 e. The number of carboxylic acids is 1. The van der Waals surface area contributed by atoms with Crippen LogP contribution < -0.4 is 10.9 Å². The van der Waals surface area contributed by atoms with E-state index >= 15 is 0 Å². The van der Waals surface area contributed by atoms with E-state index in [0.29, 0.717) is 5.69 Å². The lowest BCUT2D eigenvalue weighted by Crippen LogP contribution is -2.24. The largest absolute Gasteiger partial charge is 0.480 e. The molecule has 0 saturated carbocycles. The van der Waals surface area contributed by atoms with Gasteiger partial charge in [0.15, 0.2) is 0 Å². The van der Waals surface area contributed by atoms with Crippen molar-refractivity contribution in [2.75, 3.05) is 5.32 Å². The van der Waals surface area contributed by atoms with Gasteiger partial charge in [-0.3, -0.25) is 19.4 Å². The number of nitrogens with zero attached hydrogens (tertiary/aromatic N) is 2. The fraction of sp³-hybridized carbons (Fsp3) is 0.0526. The molecule has 0 radical (unpaired) electrons. The Balaban J connectivity index is 1.83. The predicted octanol–water partition coefficient (Wildman–Crippen LogP) is 2.25. The number of pyridine rings is 2. The van der Waals surface area contributed by atoms with E-state index in [0.717, 1.165) is 15.7 Å². The summed E-state index contributed by atoms with van der Waals surface area (Å²) in [4.78, 5) is 38.9. The van der Waals surface area contributed by atoms with Crippen LogP contribution in [0.4, 0.5) is 5.69 Å². The molecule has 2 aromatic heterocycles. The summed E-state index contributed by atoms with van der Waals surface area (Å²) in [7, 11) is 0. The number of benzene rings is 1. The first-order valence-corrected chi connectivity index (χ1v) is 7.78. The summed E-state index contributed by atoms with van der Waals surface area (Å²) in [6, 6.07) is 15.7. The van der Waals surface area contributed by atoms with Crippen molar-refractivity contribution >= 4 is 17.6 Å². The lowest BCUT2D eigenvalue weighted by molar-refractivity contribution is -0.137. The van der Waals surface area contributed by atoms with Crippen LogP contribution in [0.3, 0.4) is 0 Å². The van der Waals surface area contributed by atoms with E-state index in [1.54, 1.807) is 18.3 Å². The molecule has 0 aliphatic carbocycles. The highest BCUT2D eigenvalue weighted by molar-refractivity contribution is 6.03. The molecule has 3 aromatic rings. The fourth-order valence-electron chi connectivity index (χ4n) is 2.43. The summed E-state index contributed by atoms with van der Waals surface area (Å²) < 4.78 is 1.01. The normalized spacial score (nSPS) is 10.3. The number of hydrogen-bond acceptors (Lipinski definition) is 4. The Morgan fingerprint density at radius 3 is 2.54 bits per heavy atom. The number of nitrogens with one attached hydrogen (secondary N) is 1. The van der Waals surface area contributed by atoms with E-state index in [4.69, 9.17) is 5.11 Å². The van der Waals surface area contributed by atoms with E-state index in [1.807, 2.05) is 30.3 Å². The van der Waals surface area contributed by atoms with Gasteiger partial charge in [0.05, 0.1) is 5.69 Å². The van der Waals surface area contributed by atoms with Gasteiger partial charge in [-0.25, -0.2) is 0 Å². The van der Waals surface area contributed by atoms with Crippen molar-refractivity contribution < 1.29 is 14.7 Å². The quantitative estimate of drug-likeness (QED) is 0.736. The zero-order valence-electron chi connectivity index (χ0n) is 13.6. The number of carbonyl (C=O) groups excluding carboxylic acids is 1. The Morgan fingerprint density at radius 1 is 1.04 bits per heavy atom. The highest BCUT2D eigenvalue weighted by Gasteiger charge is 2.11. The number of aliphatic carboxylic acids is 1. The van der Waals surface area contributed by atoms with Gasteiger partial charge in [0.2, 0.25) is 0 Å². The van der Waals surface area contributed by atoms with Crippen LogP contribution in [0.25, 0.3) is 11.1 Å². The van der Waals surface area contributed by atoms with Crippen molar-refractivity contribution in [2.24, 2.45) is 0 Å². The van der Waals surface area contributed by atoms with Crippen LogP contribution in [-0.2, 0) is 11.3 Å². The Hall–Kier alpha value is -3.74. The first-order chi connectivity index (χ1) is 12.5. The summed E-state index contributed by atoms with van der Waals surface area (Å²) in [5.74, 6) is -1.60. The molecule has 0 aliphatic heterocycles. The number of hydrogen-bond donors (Lipinski definition) is 2. The highest BCUT2D eigenvalue weighted by atomic mass is 16.4. The number of carboxylic acid groups (broad SMARTS) is 1. The van der Waals surface area contributed by atoms with Gasteiger partial charge in [-0.2, -0.15) is 0 Å². The molecule has 0 aliphatic rings. The van der Waals surface area contributed by atoms with E-state index < -0.39 is 24.0 Å². The third-order valence-corrected chi connectivity index (χ3v) is 3.65. The Bertz CT molecular complexity index is 1010. The number of anilines is 1. The van der Waals surface area contributed by atoms with Crippen molar-refractivity contribution in [1.29, 1.82) is 0 Å². The second-order valence-corrected chi connectivity index (χ2v) is 5.53. The molecule has 7 heteroatoms. The molecule has 0 saturated heterocycles. The third kappa shape index (κ3) is 4.02. The second-order valence-electron chi connectivity index (χ2n) is 5.53. The summed E-state index contributed by atoms with van der Waals surface area (Å²) in [5.41, 5.74) is 1.86. The van der Waals surface area contributed by atoms with E-state index in [-0.39, 0.29) is 5.69 Å². The van der Waals surface area contributed by atoms with Gasteiger partial charge in [-0.05, 0) is 29.3 Å². The maximum atomic E-state index is 12.4. The molecule has 0 fully saturated rings. The molecule has 1 aromatic carbocycles. The van der Waals surface area contributed by atoms with Crippen LogP contribution in [0, 0.1) is 0 Å². The van der Waals surface area contributed by atoms with Crippen molar-refractivity contribution in [3.8, 4) is 11.1 Å². The first kappa shape index (κ1) is 17.1. The van der Waals surface area contributed by atoms with Gasteiger partial charge in [-0.1, -0.05) is 30.3 Å². The molecule has 7 nitrogen and oxygen atoms in total. The van der Waals surface area contributed by atoms with Crippen molar-refractivity contribution in [1.82, 2.24) is 9.55 Å². The zero-order valence-corrected chi connectivity index (χ0v) is 13.6. The van der Waals surface area contributed by atoms with Crippen molar-refractivity contribution in [2.45, 2.75) is 6.54 Å². The molecule has 0 atom stereocenters. The first-order valence-electron chi connectivity index (χ1n) is 7.78. The molecular formula is C19H15N3O4. The molecule has 130 valence electrons. The zero-order chi connectivity index (χ0) is 18.5. The Morgan fingerprint density at radius 2 is 1.81 bits per heavy atom. The summed E-state index contributed by atoms with van der Waals surface area (Å²) in [6.07, 6.45) is 2.83. The topological polar surface area (TPSA) is 101 Å². The molecule has 3 rings (SSSR count). The number of amides is 1. The molecular weight excluding hydrogens is 334 g/mol. The van der Waals surface area contributed by atoms with Crippen LogP contribution in [0.2, 0.25) is 0 Å². The Kier molecular flexibility index (Phi) is 4.89. The fourth-order valence-corrected chi connectivity index (χ4v) is 2.43. The number of aromatic nitrogens is 2. The van der Waals surface area contributed by atoms with Gasteiger partial charge in [0.1, 0.15) is 12.2 Å². The molecule has 26 heavy (non-hydrogen) atoms. The maximum Gasteiger partial charge on any atom is 0.323 e. The molecule has 1 amide bonds. The van der Waals surface area contributed by atoms with Crippen LogP contribution in [0.1, 0.15) is 10.5 Å². The lowest BCUT2D eigenvalue weighted by Gasteiger charge is -2.08. The minimum atomic E-state index is -1.15. The summed E-state index contributed by atoms with van der Waals surface area (Å²) in [5, 5.41) is 11.4. The average Bonchev–Trinajstić information content (AvgIpc) is 2.65. The van der Waals surface area contributed by atoms with Gasteiger partial charge in [0.25, 0.3) is 11.5 Å². The minimum Gasteiger partial charge on any atom is -0.480 e. The third-order valence-electron chi connectivity index (χ3n) is 3.65. The number of carbonyl (C=O) groups is 2. The molecule has 2 heterocycles. The van der Waals surface area contributed by atoms with E-state index in [9.17, 15) is 14.4 Å². The molecule has 0 spiro atoms. The molecule has 2 N–H and O–H groups in total. The predicted molar refractivity (Wildman–Crippen MR) is 96.0 cm³/mol. The Labute approximate surface area is 148 Å². The highest BCUT2D eigenvalue weighted by Crippen LogP contribution is 2.19. The summed E-state index contributed by atoms with van der Waals surface area (Å²) in [6.45, 7) is -0.482. The average molecular weight is 349 g/mol. The van der Waals surface area contributed by atoms with Gasteiger partial charge in [-0.15, -0.1) is 0 Å². The van der Waals surface area contributed by atoms with Crippen LogP contribution in [0.5, 0.6) is 0 Å². The van der Waals surface area contributed by atoms with Gasteiger partial charge < -0.3 is 15.0 Å². The van der Waals surface area contributed by atoms with E-state index in [1.165, 1.54) is 18.3 Å². The maximum absolute atomic E-state index is 12.4. The summed E-state index contributed by atoms with van der Waals surface area (Å²) >= 11 is 0. The monoisotopic (exact) mass is 349 g/mol. The standard InChI is InChI=1S/C19H15N3O4/c23-17-7-6-15(11-22(17)12-18(24)25)21-19(26)16-10-14(8-9-20-16)13-4-2-1-3-5-13/h1-11H,12H2,(H,21,26)(H,24,25).